The molecule has 1 atom stereocenters. The molecule has 1 fully saturated rings. The van der Waals surface area contributed by atoms with Crippen LogP contribution in [0.3, 0.4) is 0 Å². The Morgan fingerprint density at radius 1 is 1.08 bits per heavy atom. The molecule has 182 valence electrons. The van der Waals surface area contributed by atoms with Gasteiger partial charge in [0, 0.05) is 54.7 Å². The van der Waals surface area contributed by atoms with Crippen molar-refractivity contribution >= 4 is 29.4 Å². The van der Waals surface area contributed by atoms with Gasteiger partial charge >= 0.3 is 0 Å². The van der Waals surface area contributed by atoms with E-state index in [9.17, 15) is 4.79 Å². The number of aryl methyl sites for hydroxylation is 1. The van der Waals surface area contributed by atoms with Crippen molar-refractivity contribution in [1.82, 2.24) is 25.6 Å². The zero-order valence-electron chi connectivity index (χ0n) is 20.2. The number of pyridine rings is 1. The van der Waals surface area contributed by atoms with Crippen LogP contribution in [-0.4, -0.2) is 40.5 Å². The van der Waals surface area contributed by atoms with Gasteiger partial charge in [0.15, 0.2) is 0 Å². The third kappa shape index (κ3) is 5.56. The molecule has 0 spiro atoms. The van der Waals surface area contributed by atoms with Crippen LogP contribution in [0.25, 0.3) is 11.3 Å². The van der Waals surface area contributed by atoms with E-state index in [-0.39, 0.29) is 0 Å². The standard InChI is InChI=1S/C28H29N7O/c1-20-4-7-25(15-27(20)34-28-31-14-11-26(33-28)22-3-2-12-29-17-22)35(19-36)24-8-5-21(6-9-24)16-32-23-10-13-30-18-23/h2-9,11-12,14-15,17,19,23,30,32H,10,13,16,18H2,1H3,(H,31,33,34). The maximum absolute atomic E-state index is 12.1. The fraction of sp³-hybridized carbons (Fsp3) is 0.214. The van der Waals surface area contributed by atoms with Crippen LogP contribution in [0.1, 0.15) is 17.5 Å². The summed E-state index contributed by atoms with van der Waals surface area (Å²) < 4.78 is 0. The number of rotatable bonds is 9. The van der Waals surface area contributed by atoms with E-state index in [1.54, 1.807) is 23.5 Å². The number of anilines is 4. The lowest BCUT2D eigenvalue weighted by molar-refractivity contribution is -0.106. The van der Waals surface area contributed by atoms with Crippen LogP contribution in [0.5, 0.6) is 0 Å². The van der Waals surface area contributed by atoms with Crippen LogP contribution in [0.15, 0.2) is 79.3 Å². The maximum atomic E-state index is 12.1. The third-order valence-corrected chi connectivity index (χ3v) is 6.33. The molecule has 0 radical (unpaired) electrons. The van der Waals surface area contributed by atoms with Crippen molar-refractivity contribution < 1.29 is 4.79 Å². The molecule has 1 aliphatic rings. The Kier molecular flexibility index (Phi) is 7.25. The molecule has 8 nitrogen and oxygen atoms in total. The highest BCUT2D eigenvalue weighted by atomic mass is 16.1. The fourth-order valence-corrected chi connectivity index (χ4v) is 4.25. The lowest BCUT2D eigenvalue weighted by atomic mass is 10.1. The quantitative estimate of drug-likeness (QED) is 0.308. The van der Waals surface area contributed by atoms with Gasteiger partial charge in [-0.05, 0) is 73.5 Å². The first kappa shape index (κ1) is 23.6. The highest BCUT2D eigenvalue weighted by Crippen LogP contribution is 2.30. The largest absolute Gasteiger partial charge is 0.324 e. The lowest BCUT2D eigenvalue weighted by Crippen LogP contribution is -2.30. The van der Waals surface area contributed by atoms with Crippen molar-refractivity contribution in [2.45, 2.75) is 25.9 Å². The summed E-state index contributed by atoms with van der Waals surface area (Å²) in [7, 11) is 0. The van der Waals surface area contributed by atoms with Crippen LogP contribution in [0, 0.1) is 6.92 Å². The first-order valence-electron chi connectivity index (χ1n) is 12.1. The van der Waals surface area contributed by atoms with E-state index in [2.05, 4.69) is 43.0 Å². The van der Waals surface area contributed by atoms with Crippen molar-refractivity contribution in [2.75, 3.05) is 23.3 Å². The summed E-state index contributed by atoms with van der Waals surface area (Å²) in [4.78, 5) is 26.9. The molecular formula is C28H29N7O. The summed E-state index contributed by atoms with van der Waals surface area (Å²) in [6, 6.07) is 20.1. The number of carbonyl (C=O) groups is 1. The molecule has 0 aliphatic carbocycles. The van der Waals surface area contributed by atoms with Gasteiger partial charge in [0.2, 0.25) is 12.4 Å². The average Bonchev–Trinajstić information content (AvgIpc) is 3.45. The molecular weight excluding hydrogens is 450 g/mol. The number of benzene rings is 2. The Bertz CT molecular complexity index is 1310. The highest BCUT2D eigenvalue weighted by Gasteiger charge is 2.14. The molecule has 8 heteroatoms. The minimum atomic E-state index is 0.476. The van der Waals surface area contributed by atoms with Gasteiger partial charge in [-0.2, -0.15) is 0 Å². The van der Waals surface area contributed by atoms with Crippen molar-refractivity contribution in [1.29, 1.82) is 0 Å². The molecule has 2 aromatic carbocycles. The minimum absolute atomic E-state index is 0.476. The molecule has 36 heavy (non-hydrogen) atoms. The summed E-state index contributed by atoms with van der Waals surface area (Å²) >= 11 is 0. The zero-order valence-corrected chi connectivity index (χ0v) is 20.2. The molecule has 0 bridgehead atoms. The van der Waals surface area contributed by atoms with E-state index in [4.69, 9.17) is 0 Å². The SMILES string of the molecule is Cc1ccc(N(C=O)c2ccc(CNC3CCNC3)cc2)cc1Nc1nccc(-c2cccnc2)n1. The summed E-state index contributed by atoms with van der Waals surface area (Å²) in [5.41, 5.74) is 6.29. The van der Waals surface area contributed by atoms with Crippen molar-refractivity contribution in [3.63, 3.8) is 0 Å². The lowest BCUT2D eigenvalue weighted by Gasteiger charge is -2.20. The average molecular weight is 480 g/mol. The number of hydrogen-bond acceptors (Lipinski definition) is 7. The van der Waals surface area contributed by atoms with Crippen molar-refractivity contribution in [3.8, 4) is 11.3 Å². The second-order valence-corrected chi connectivity index (χ2v) is 8.84. The predicted octanol–water partition coefficient (Wildman–Crippen LogP) is 4.34. The summed E-state index contributed by atoms with van der Waals surface area (Å²) in [5, 5.41) is 10.3. The van der Waals surface area contributed by atoms with Gasteiger partial charge < -0.3 is 16.0 Å². The smallest absolute Gasteiger partial charge is 0.227 e. The van der Waals surface area contributed by atoms with Crippen LogP contribution >= 0.6 is 0 Å². The van der Waals surface area contributed by atoms with E-state index < -0.39 is 0 Å². The van der Waals surface area contributed by atoms with Crippen LogP contribution in [-0.2, 0) is 11.3 Å². The molecule has 3 heterocycles. The Morgan fingerprint density at radius 2 is 1.94 bits per heavy atom. The zero-order chi connectivity index (χ0) is 24.7. The molecule has 3 N–H and O–H groups in total. The predicted molar refractivity (Wildman–Crippen MR) is 142 cm³/mol. The number of nitrogens with zero attached hydrogens (tertiary/aromatic N) is 4. The van der Waals surface area contributed by atoms with Gasteiger partial charge in [-0.3, -0.25) is 14.7 Å². The van der Waals surface area contributed by atoms with E-state index >= 15 is 0 Å². The van der Waals surface area contributed by atoms with Gasteiger partial charge in [0.1, 0.15) is 0 Å². The monoisotopic (exact) mass is 479 g/mol. The highest BCUT2D eigenvalue weighted by molar-refractivity contribution is 5.88. The molecule has 1 saturated heterocycles. The molecule has 2 aromatic heterocycles. The number of hydrogen-bond donors (Lipinski definition) is 3. The Morgan fingerprint density at radius 3 is 2.69 bits per heavy atom. The molecule has 1 amide bonds. The number of nitrogens with one attached hydrogen (secondary N) is 3. The van der Waals surface area contributed by atoms with E-state index in [1.807, 2.05) is 55.5 Å². The number of aromatic nitrogens is 3. The summed E-state index contributed by atoms with van der Waals surface area (Å²) in [5.74, 6) is 0.476. The molecule has 5 rings (SSSR count). The third-order valence-electron chi connectivity index (χ3n) is 6.33. The van der Waals surface area contributed by atoms with Crippen molar-refractivity contribution in [2.24, 2.45) is 0 Å². The molecule has 4 aromatic rings. The molecule has 1 unspecified atom stereocenters. The van der Waals surface area contributed by atoms with Gasteiger partial charge in [0.05, 0.1) is 11.4 Å². The minimum Gasteiger partial charge on any atom is -0.324 e. The van der Waals surface area contributed by atoms with Crippen molar-refractivity contribution in [3.05, 3.63) is 90.4 Å². The molecule has 1 aliphatic heterocycles. The van der Waals surface area contributed by atoms with Gasteiger partial charge in [-0.25, -0.2) is 9.97 Å². The molecule has 0 saturated carbocycles. The Balaban J connectivity index is 1.32. The van der Waals surface area contributed by atoms with E-state index in [0.717, 1.165) is 66.3 Å². The Labute approximate surface area is 210 Å². The van der Waals surface area contributed by atoms with Gasteiger partial charge in [-0.15, -0.1) is 0 Å². The van der Waals surface area contributed by atoms with Crippen LogP contribution in [0.2, 0.25) is 0 Å². The maximum Gasteiger partial charge on any atom is 0.227 e. The van der Waals surface area contributed by atoms with Gasteiger partial charge in [0.25, 0.3) is 0 Å². The first-order chi connectivity index (χ1) is 17.7. The summed E-state index contributed by atoms with van der Waals surface area (Å²) in [6.07, 6.45) is 7.21. The second kappa shape index (κ2) is 11.1. The summed E-state index contributed by atoms with van der Waals surface area (Å²) in [6.45, 7) is 4.90. The number of carbonyl (C=O) groups excluding carboxylic acids is 1. The number of amides is 1. The first-order valence-corrected chi connectivity index (χ1v) is 12.1. The van der Waals surface area contributed by atoms with Crippen LogP contribution in [0.4, 0.5) is 23.0 Å². The van der Waals surface area contributed by atoms with E-state index in [0.29, 0.717) is 12.0 Å². The topological polar surface area (TPSA) is 95.1 Å². The van der Waals surface area contributed by atoms with Gasteiger partial charge in [-0.1, -0.05) is 18.2 Å². The van der Waals surface area contributed by atoms with E-state index in [1.165, 1.54) is 5.56 Å². The van der Waals surface area contributed by atoms with Crippen LogP contribution < -0.4 is 20.9 Å². The normalized spacial score (nSPS) is 15.0. The fourth-order valence-electron chi connectivity index (χ4n) is 4.25. The second-order valence-electron chi connectivity index (χ2n) is 8.84. The Hall–Kier alpha value is -4.14.